The molecule has 0 fully saturated rings. The molecule has 6 nitrogen and oxygen atoms in total. The summed E-state index contributed by atoms with van der Waals surface area (Å²) in [5, 5.41) is 0.249. The summed E-state index contributed by atoms with van der Waals surface area (Å²) in [5.41, 5.74) is 1.34. The van der Waals surface area contributed by atoms with Crippen LogP contribution in [0.4, 0.5) is 0 Å². The van der Waals surface area contributed by atoms with Crippen LogP contribution in [0.3, 0.4) is 0 Å². The van der Waals surface area contributed by atoms with Crippen molar-refractivity contribution in [3.05, 3.63) is 69.6 Å². The van der Waals surface area contributed by atoms with Gasteiger partial charge >= 0.3 is 11.9 Å². The van der Waals surface area contributed by atoms with E-state index in [0.29, 0.717) is 17.7 Å². The van der Waals surface area contributed by atoms with E-state index < -0.39 is 11.9 Å². The third-order valence-electron chi connectivity index (χ3n) is 4.00. The fourth-order valence-electron chi connectivity index (χ4n) is 2.84. The molecule has 0 aliphatic carbocycles. The molecule has 0 N–H and O–H groups in total. The molecule has 1 heterocycles. The Balaban J connectivity index is 2.20. The molecule has 0 spiro atoms. The summed E-state index contributed by atoms with van der Waals surface area (Å²) in [4.78, 5) is 35.8. The SMILES string of the molecule is CC(=O)Oc1ccc2c(=O)c(Cc3ccccc3)c(C)oc2c1OC(C)=O. The standard InChI is InChI=1S/C21H18O6/c1-12-17(11-15-7-5-4-6-8-15)19(24)16-9-10-18(26-13(2)22)21(20(16)25-12)27-14(3)23/h4-10H,11H2,1-3H3. The molecule has 0 aliphatic rings. The Kier molecular flexibility index (Phi) is 5.07. The highest BCUT2D eigenvalue weighted by atomic mass is 16.6. The molecule has 0 unspecified atom stereocenters. The van der Waals surface area contributed by atoms with Gasteiger partial charge in [-0.1, -0.05) is 30.3 Å². The summed E-state index contributed by atoms with van der Waals surface area (Å²) in [6, 6.07) is 12.5. The minimum Gasteiger partial charge on any atom is -0.457 e. The molecule has 0 saturated carbocycles. The van der Waals surface area contributed by atoms with Gasteiger partial charge in [0.2, 0.25) is 5.75 Å². The lowest BCUT2D eigenvalue weighted by atomic mass is 10.0. The van der Waals surface area contributed by atoms with Crippen LogP contribution in [0.5, 0.6) is 11.5 Å². The first kappa shape index (κ1) is 18.4. The van der Waals surface area contributed by atoms with Gasteiger partial charge in [0.25, 0.3) is 0 Å². The van der Waals surface area contributed by atoms with Gasteiger partial charge in [0.1, 0.15) is 5.76 Å². The van der Waals surface area contributed by atoms with Crippen molar-refractivity contribution in [2.24, 2.45) is 0 Å². The molecule has 27 heavy (non-hydrogen) atoms. The maximum Gasteiger partial charge on any atom is 0.308 e. The topological polar surface area (TPSA) is 82.8 Å². The average Bonchev–Trinajstić information content (AvgIpc) is 2.61. The number of ether oxygens (including phenoxy) is 2. The van der Waals surface area contributed by atoms with Crippen molar-refractivity contribution < 1.29 is 23.5 Å². The van der Waals surface area contributed by atoms with Gasteiger partial charge in [0.05, 0.1) is 5.39 Å². The van der Waals surface area contributed by atoms with Crippen LogP contribution >= 0.6 is 0 Å². The summed E-state index contributed by atoms with van der Waals surface area (Å²) in [7, 11) is 0. The number of hydrogen-bond donors (Lipinski definition) is 0. The molecule has 0 radical (unpaired) electrons. The van der Waals surface area contributed by atoms with Crippen LogP contribution in [-0.4, -0.2) is 11.9 Å². The third-order valence-corrected chi connectivity index (χ3v) is 4.00. The lowest BCUT2D eigenvalue weighted by molar-refractivity contribution is -0.134. The second-order valence-corrected chi connectivity index (χ2v) is 6.09. The van der Waals surface area contributed by atoms with Crippen molar-refractivity contribution in [2.75, 3.05) is 0 Å². The van der Waals surface area contributed by atoms with Crippen LogP contribution in [0.25, 0.3) is 11.0 Å². The van der Waals surface area contributed by atoms with E-state index in [2.05, 4.69) is 0 Å². The normalized spacial score (nSPS) is 10.6. The van der Waals surface area contributed by atoms with Gasteiger partial charge in [-0.2, -0.15) is 0 Å². The first-order valence-corrected chi connectivity index (χ1v) is 8.37. The molecule has 6 heteroatoms. The zero-order valence-corrected chi connectivity index (χ0v) is 15.2. The van der Waals surface area contributed by atoms with Gasteiger partial charge in [0, 0.05) is 25.8 Å². The Morgan fingerprint density at radius 2 is 1.63 bits per heavy atom. The van der Waals surface area contributed by atoms with E-state index in [1.54, 1.807) is 6.92 Å². The lowest BCUT2D eigenvalue weighted by Gasteiger charge is -2.13. The number of benzene rings is 2. The summed E-state index contributed by atoms with van der Waals surface area (Å²) >= 11 is 0. The van der Waals surface area contributed by atoms with Crippen LogP contribution in [-0.2, 0) is 16.0 Å². The summed E-state index contributed by atoms with van der Waals surface area (Å²) < 4.78 is 16.1. The molecule has 1 aromatic heterocycles. The van der Waals surface area contributed by atoms with E-state index >= 15 is 0 Å². The first-order chi connectivity index (χ1) is 12.9. The lowest BCUT2D eigenvalue weighted by Crippen LogP contribution is -2.14. The zero-order valence-electron chi connectivity index (χ0n) is 15.2. The van der Waals surface area contributed by atoms with Gasteiger partial charge in [-0.3, -0.25) is 14.4 Å². The van der Waals surface area contributed by atoms with Gasteiger partial charge in [-0.05, 0) is 24.6 Å². The minimum absolute atomic E-state index is 0.0172. The van der Waals surface area contributed by atoms with Gasteiger partial charge in [0.15, 0.2) is 16.8 Å². The highest BCUT2D eigenvalue weighted by Crippen LogP contribution is 2.36. The average molecular weight is 366 g/mol. The first-order valence-electron chi connectivity index (χ1n) is 8.37. The fourth-order valence-corrected chi connectivity index (χ4v) is 2.84. The maximum absolute atomic E-state index is 13.0. The van der Waals surface area contributed by atoms with Crippen LogP contribution in [0.2, 0.25) is 0 Å². The molecular formula is C21H18O6. The van der Waals surface area contributed by atoms with Crippen LogP contribution in [0.15, 0.2) is 51.7 Å². The summed E-state index contributed by atoms with van der Waals surface area (Å²) in [6.45, 7) is 4.12. The fraction of sp³-hybridized carbons (Fsp3) is 0.190. The summed E-state index contributed by atoms with van der Waals surface area (Å²) in [5.74, 6) is -0.859. The van der Waals surface area contributed by atoms with E-state index in [9.17, 15) is 14.4 Å². The third kappa shape index (κ3) is 3.89. The smallest absolute Gasteiger partial charge is 0.308 e. The monoisotopic (exact) mass is 366 g/mol. The van der Waals surface area contributed by atoms with E-state index in [1.807, 2.05) is 30.3 Å². The highest BCUT2D eigenvalue weighted by Gasteiger charge is 2.21. The Bertz CT molecular complexity index is 1080. The maximum atomic E-state index is 13.0. The molecule has 0 atom stereocenters. The van der Waals surface area contributed by atoms with Crippen molar-refractivity contribution in [3.63, 3.8) is 0 Å². The predicted octanol–water partition coefficient (Wildman–Crippen LogP) is 3.54. The van der Waals surface area contributed by atoms with Crippen LogP contribution in [0, 0.1) is 6.92 Å². The van der Waals surface area contributed by atoms with Crippen LogP contribution in [0.1, 0.15) is 30.7 Å². The number of fused-ring (bicyclic) bond motifs is 1. The second-order valence-electron chi connectivity index (χ2n) is 6.09. The Morgan fingerprint density at radius 1 is 0.963 bits per heavy atom. The number of rotatable bonds is 4. The van der Waals surface area contributed by atoms with E-state index in [-0.39, 0.29) is 27.9 Å². The van der Waals surface area contributed by atoms with Crippen molar-refractivity contribution in [1.82, 2.24) is 0 Å². The highest BCUT2D eigenvalue weighted by molar-refractivity contribution is 5.89. The van der Waals surface area contributed by atoms with Crippen molar-refractivity contribution in [3.8, 4) is 11.5 Å². The Hall–Kier alpha value is -3.41. The molecular weight excluding hydrogens is 348 g/mol. The molecule has 0 amide bonds. The summed E-state index contributed by atoms with van der Waals surface area (Å²) in [6.07, 6.45) is 0.416. The number of esters is 2. The van der Waals surface area contributed by atoms with Gasteiger partial charge < -0.3 is 13.9 Å². The molecule has 138 valence electrons. The number of carbonyl (C=O) groups excluding carboxylic acids is 2. The second kappa shape index (κ2) is 7.45. The minimum atomic E-state index is -0.621. The molecule has 0 bridgehead atoms. The van der Waals surface area contributed by atoms with E-state index in [4.69, 9.17) is 13.9 Å². The zero-order chi connectivity index (χ0) is 19.6. The number of aryl methyl sites for hydroxylation is 1. The molecule has 0 saturated heterocycles. The van der Waals surface area contributed by atoms with Crippen LogP contribution < -0.4 is 14.9 Å². The molecule has 0 aliphatic heterocycles. The predicted molar refractivity (Wildman–Crippen MR) is 99.1 cm³/mol. The largest absolute Gasteiger partial charge is 0.457 e. The molecule has 3 aromatic rings. The quantitative estimate of drug-likeness (QED) is 0.519. The number of hydrogen-bond acceptors (Lipinski definition) is 6. The van der Waals surface area contributed by atoms with E-state index in [1.165, 1.54) is 26.0 Å². The van der Waals surface area contributed by atoms with Gasteiger partial charge in [-0.15, -0.1) is 0 Å². The molecule has 2 aromatic carbocycles. The number of carbonyl (C=O) groups is 2. The molecule has 3 rings (SSSR count). The Labute approximate surface area is 155 Å². The van der Waals surface area contributed by atoms with Crippen molar-refractivity contribution in [1.29, 1.82) is 0 Å². The van der Waals surface area contributed by atoms with Crippen molar-refractivity contribution >= 4 is 22.9 Å². The Morgan fingerprint density at radius 3 is 2.26 bits per heavy atom. The van der Waals surface area contributed by atoms with E-state index in [0.717, 1.165) is 5.56 Å². The van der Waals surface area contributed by atoms with Gasteiger partial charge in [-0.25, -0.2) is 0 Å². The van der Waals surface area contributed by atoms with Crippen molar-refractivity contribution in [2.45, 2.75) is 27.2 Å².